The van der Waals surface area contributed by atoms with Crippen molar-refractivity contribution < 1.29 is 14.0 Å². The molecule has 0 aliphatic carbocycles. The van der Waals surface area contributed by atoms with E-state index in [0.29, 0.717) is 22.3 Å². The van der Waals surface area contributed by atoms with Crippen molar-refractivity contribution in [2.75, 3.05) is 0 Å². The van der Waals surface area contributed by atoms with E-state index in [0.717, 1.165) is 23.3 Å². The second-order valence-corrected chi connectivity index (χ2v) is 3.85. The molecule has 0 fully saturated rings. The number of aldehydes is 2. The number of carbonyl (C=O) groups is 2. The zero-order valence-electron chi connectivity index (χ0n) is 8.84. The zero-order valence-corrected chi connectivity index (χ0v) is 8.84. The summed E-state index contributed by atoms with van der Waals surface area (Å²) in [5.74, 6) is 0. The van der Waals surface area contributed by atoms with Gasteiger partial charge in [0.25, 0.3) is 0 Å². The molecular formula is C14H8O3. The van der Waals surface area contributed by atoms with Gasteiger partial charge in [-0.3, -0.25) is 9.59 Å². The Hall–Kier alpha value is -2.42. The molecule has 3 rings (SSSR count). The van der Waals surface area contributed by atoms with Crippen LogP contribution in [0.4, 0.5) is 0 Å². The van der Waals surface area contributed by atoms with Gasteiger partial charge in [-0.1, -0.05) is 12.1 Å². The highest BCUT2D eigenvalue weighted by molar-refractivity contribution is 6.06. The summed E-state index contributed by atoms with van der Waals surface area (Å²) in [5, 5.41) is 1.89. The number of rotatable bonds is 2. The highest BCUT2D eigenvalue weighted by Crippen LogP contribution is 2.29. The van der Waals surface area contributed by atoms with Gasteiger partial charge in [-0.05, 0) is 24.3 Å². The third-order valence-electron chi connectivity index (χ3n) is 2.79. The average molecular weight is 224 g/mol. The maximum Gasteiger partial charge on any atom is 0.150 e. The normalized spacial score (nSPS) is 10.8. The molecule has 82 valence electrons. The quantitative estimate of drug-likeness (QED) is 0.628. The molecule has 0 atom stereocenters. The highest BCUT2D eigenvalue weighted by atomic mass is 16.3. The molecule has 0 aliphatic heterocycles. The number of furan rings is 1. The molecule has 0 aliphatic rings. The molecule has 0 amide bonds. The molecule has 0 saturated heterocycles. The van der Waals surface area contributed by atoms with Crippen molar-refractivity contribution >= 4 is 34.5 Å². The van der Waals surface area contributed by atoms with E-state index >= 15 is 0 Å². The lowest BCUT2D eigenvalue weighted by Crippen LogP contribution is -1.77. The summed E-state index contributed by atoms with van der Waals surface area (Å²) < 4.78 is 5.62. The fourth-order valence-corrected chi connectivity index (χ4v) is 1.96. The molecule has 17 heavy (non-hydrogen) atoms. The third kappa shape index (κ3) is 1.44. The van der Waals surface area contributed by atoms with E-state index in [1.54, 1.807) is 24.3 Å². The standard InChI is InChI=1S/C14H8O3/c15-7-9-1-3-11-12-4-2-10(8-16)6-14(12)17-13(11)5-9/h1-8H. The van der Waals surface area contributed by atoms with Crippen molar-refractivity contribution in [1.82, 2.24) is 0 Å². The fraction of sp³-hybridized carbons (Fsp3) is 0. The third-order valence-corrected chi connectivity index (χ3v) is 2.79. The maximum absolute atomic E-state index is 10.7. The van der Waals surface area contributed by atoms with Crippen LogP contribution in [-0.2, 0) is 0 Å². The van der Waals surface area contributed by atoms with Crippen LogP contribution in [0.3, 0.4) is 0 Å². The molecule has 0 radical (unpaired) electrons. The van der Waals surface area contributed by atoms with Crippen LogP contribution in [0, 0.1) is 0 Å². The van der Waals surface area contributed by atoms with Crippen molar-refractivity contribution in [3.05, 3.63) is 47.5 Å². The molecule has 3 heteroatoms. The van der Waals surface area contributed by atoms with Crippen molar-refractivity contribution in [1.29, 1.82) is 0 Å². The molecule has 0 bridgehead atoms. The Kier molecular flexibility index (Phi) is 2.05. The second-order valence-electron chi connectivity index (χ2n) is 3.85. The molecule has 0 spiro atoms. The number of carbonyl (C=O) groups excluding carboxylic acids is 2. The Bertz CT molecular complexity index is 675. The lowest BCUT2D eigenvalue weighted by atomic mass is 10.1. The Morgan fingerprint density at radius 2 is 1.24 bits per heavy atom. The maximum atomic E-state index is 10.7. The van der Waals surface area contributed by atoms with E-state index in [1.807, 2.05) is 12.1 Å². The summed E-state index contributed by atoms with van der Waals surface area (Å²) in [6, 6.07) is 10.6. The van der Waals surface area contributed by atoms with E-state index in [9.17, 15) is 9.59 Å². The molecular weight excluding hydrogens is 216 g/mol. The molecule has 0 saturated carbocycles. The van der Waals surface area contributed by atoms with Crippen LogP contribution >= 0.6 is 0 Å². The predicted octanol–water partition coefficient (Wildman–Crippen LogP) is 3.21. The van der Waals surface area contributed by atoms with E-state index in [2.05, 4.69) is 0 Å². The van der Waals surface area contributed by atoms with Gasteiger partial charge in [-0.15, -0.1) is 0 Å². The molecule has 0 unspecified atom stereocenters. The average Bonchev–Trinajstić information content (AvgIpc) is 2.74. The molecule has 2 aromatic carbocycles. The van der Waals surface area contributed by atoms with Gasteiger partial charge in [0.2, 0.25) is 0 Å². The zero-order chi connectivity index (χ0) is 11.8. The van der Waals surface area contributed by atoms with Crippen LogP contribution in [0.15, 0.2) is 40.8 Å². The van der Waals surface area contributed by atoms with Crippen molar-refractivity contribution in [3.63, 3.8) is 0 Å². The lowest BCUT2D eigenvalue weighted by Gasteiger charge is -1.90. The SMILES string of the molecule is O=Cc1ccc2c(c1)oc1cc(C=O)ccc12. The van der Waals surface area contributed by atoms with E-state index in [-0.39, 0.29) is 0 Å². The first kappa shape index (κ1) is 9.78. The van der Waals surface area contributed by atoms with E-state index in [4.69, 9.17) is 4.42 Å². The minimum Gasteiger partial charge on any atom is -0.456 e. The van der Waals surface area contributed by atoms with Crippen LogP contribution in [0.5, 0.6) is 0 Å². The van der Waals surface area contributed by atoms with Gasteiger partial charge in [0.15, 0.2) is 0 Å². The summed E-state index contributed by atoms with van der Waals surface area (Å²) in [6.45, 7) is 0. The smallest absolute Gasteiger partial charge is 0.150 e. The number of hydrogen-bond donors (Lipinski definition) is 0. The van der Waals surface area contributed by atoms with Crippen LogP contribution in [-0.4, -0.2) is 12.6 Å². The predicted molar refractivity (Wildman–Crippen MR) is 64.5 cm³/mol. The molecule has 0 N–H and O–H groups in total. The summed E-state index contributed by atoms with van der Waals surface area (Å²) in [7, 11) is 0. The molecule has 3 nitrogen and oxygen atoms in total. The van der Waals surface area contributed by atoms with Gasteiger partial charge < -0.3 is 4.42 Å². The highest BCUT2D eigenvalue weighted by Gasteiger charge is 2.07. The van der Waals surface area contributed by atoms with Crippen molar-refractivity contribution in [3.8, 4) is 0 Å². The van der Waals surface area contributed by atoms with Gasteiger partial charge in [0.05, 0.1) is 0 Å². The van der Waals surface area contributed by atoms with E-state index < -0.39 is 0 Å². The largest absolute Gasteiger partial charge is 0.456 e. The summed E-state index contributed by atoms with van der Waals surface area (Å²) in [5.41, 5.74) is 2.47. The van der Waals surface area contributed by atoms with Gasteiger partial charge >= 0.3 is 0 Å². The Morgan fingerprint density at radius 3 is 1.65 bits per heavy atom. The van der Waals surface area contributed by atoms with Gasteiger partial charge in [0.1, 0.15) is 23.7 Å². The second kappa shape index (κ2) is 3.56. The van der Waals surface area contributed by atoms with Gasteiger partial charge in [-0.25, -0.2) is 0 Å². The lowest BCUT2D eigenvalue weighted by molar-refractivity contribution is 0.111. The topological polar surface area (TPSA) is 47.3 Å². The van der Waals surface area contributed by atoms with E-state index in [1.165, 1.54) is 0 Å². The molecule has 3 aromatic rings. The van der Waals surface area contributed by atoms with Crippen molar-refractivity contribution in [2.45, 2.75) is 0 Å². The van der Waals surface area contributed by atoms with Crippen LogP contribution in [0.2, 0.25) is 0 Å². The number of fused-ring (bicyclic) bond motifs is 3. The fourth-order valence-electron chi connectivity index (χ4n) is 1.96. The Morgan fingerprint density at radius 1 is 0.765 bits per heavy atom. The first-order valence-corrected chi connectivity index (χ1v) is 5.18. The van der Waals surface area contributed by atoms with Crippen LogP contribution in [0.25, 0.3) is 21.9 Å². The van der Waals surface area contributed by atoms with Crippen LogP contribution < -0.4 is 0 Å². The first-order chi connectivity index (χ1) is 8.31. The minimum absolute atomic E-state index is 0.576. The number of hydrogen-bond acceptors (Lipinski definition) is 3. The summed E-state index contributed by atoms with van der Waals surface area (Å²) in [6.07, 6.45) is 1.56. The van der Waals surface area contributed by atoms with Crippen molar-refractivity contribution in [2.24, 2.45) is 0 Å². The Balaban J connectivity index is 2.39. The minimum atomic E-state index is 0.576. The summed E-state index contributed by atoms with van der Waals surface area (Å²) >= 11 is 0. The van der Waals surface area contributed by atoms with Crippen LogP contribution in [0.1, 0.15) is 20.7 Å². The van der Waals surface area contributed by atoms with Gasteiger partial charge in [0, 0.05) is 21.9 Å². The Labute approximate surface area is 96.6 Å². The first-order valence-electron chi connectivity index (χ1n) is 5.18. The molecule has 1 heterocycles. The van der Waals surface area contributed by atoms with Gasteiger partial charge in [-0.2, -0.15) is 0 Å². The molecule has 1 aromatic heterocycles. The number of benzene rings is 2. The monoisotopic (exact) mass is 224 g/mol. The summed E-state index contributed by atoms with van der Waals surface area (Å²) in [4.78, 5) is 21.4.